The molecule has 0 aliphatic heterocycles. The maximum Gasteiger partial charge on any atom is 0.348 e. The van der Waals surface area contributed by atoms with Crippen LogP contribution in [0.4, 0.5) is 0 Å². The largest absolute Gasteiger partial charge is 0.348 e. The van der Waals surface area contributed by atoms with Gasteiger partial charge < -0.3 is 0 Å². The van der Waals surface area contributed by atoms with E-state index in [0.717, 1.165) is 5.03 Å². The molecular formula is C8H12N2OS. The van der Waals surface area contributed by atoms with Gasteiger partial charge in [0.1, 0.15) is 5.03 Å². The molecule has 0 amide bonds. The lowest BCUT2D eigenvalue weighted by atomic mass is 10.4. The van der Waals surface area contributed by atoms with Gasteiger partial charge in [0.15, 0.2) is 0 Å². The molecule has 0 saturated carbocycles. The lowest BCUT2D eigenvalue weighted by Gasteiger charge is -2.07. The van der Waals surface area contributed by atoms with Crippen molar-refractivity contribution in [3.63, 3.8) is 0 Å². The van der Waals surface area contributed by atoms with Crippen molar-refractivity contribution in [2.45, 2.75) is 24.9 Å². The second-order valence-electron chi connectivity index (χ2n) is 2.75. The molecule has 1 rings (SSSR count). The molecule has 0 spiro atoms. The molecule has 0 atom stereocenters. The van der Waals surface area contributed by atoms with E-state index in [0.29, 0.717) is 0 Å². The normalized spacial score (nSPS) is 10.7. The average Bonchev–Trinajstić information content (AvgIpc) is 2.03. The molecule has 0 fully saturated rings. The van der Waals surface area contributed by atoms with E-state index in [1.54, 1.807) is 10.8 Å². The number of thioether (sulfide) groups is 1. The number of nitrogens with zero attached hydrogens (tertiary/aromatic N) is 2. The molecule has 0 unspecified atom stereocenters. The van der Waals surface area contributed by atoms with Crippen LogP contribution in [-0.2, 0) is 0 Å². The van der Waals surface area contributed by atoms with Gasteiger partial charge in [0.2, 0.25) is 0 Å². The first-order valence-electron chi connectivity index (χ1n) is 3.78. The molecule has 3 nitrogen and oxygen atoms in total. The number of hydrogen-bond acceptors (Lipinski definition) is 3. The summed E-state index contributed by atoms with van der Waals surface area (Å²) < 4.78 is 1.61. The minimum atomic E-state index is -0.170. The van der Waals surface area contributed by atoms with E-state index < -0.39 is 0 Å². The Bertz CT molecular complexity index is 319. The van der Waals surface area contributed by atoms with Crippen LogP contribution in [0.25, 0.3) is 0 Å². The van der Waals surface area contributed by atoms with E-state index >= 15 is 0 Å². The highest BCUT2D eigenvalue weighted by molar-refractivity contribution is 7.98. The van der Waals surface area contributed by atoms with Crippen molar-refractivity contribution >= 4 is 11.8 Å². The summed E-state index contributed by atoms with van der Waals surface area (Å²) in [5.74, 6) is 0. The van der Waals surface area contributed by atoms with Crippen molar-refractivity contribution in [1.82, 2.24) is 9.55 Å². The molecule has 66 valence electrons. The zero-order valence-corrected chi connectivity index (χ0v) is 8.26. The van der Waals surface area contributed by atoms with Gasteiger partial charge in [0.05, 0.1) is 0 Å². The topological polar surface area (TPSA) is 34.9 Å². The SMILES string of the molecule is CSc1ccn(C(C)C)c(=O)n1. The third-order valence-corrected chi connectivity index (χ3v) is 2.22. The summed E-state index contributed by atoms with van der Waals surface area (Å²) in [7, 11) is 0. The summed E-state index contributed by atoms with van der Waals surface area (Å²) >= 11 is 1.48. The van der Waals surface area contributed by atoms with Crippen molar-refractivity contribution in [2.75, 3.05) is 6.26 Å². The van der Waals surface area contributed by atoms with Gasteiger partial charge in [-0.05, 0) is 26.2 Å². The molecule has 0 aromatic carbocycles. The van der Waals surface area contributed by atoms with Gasteiger partial charge in [-0.25, -0.2) is 4.79 Å². The molecule has 1 aromatic rings. The molecular weight excluding hydrogens is 172 g/mol. The lowest BCUT2D eigenvalue weighted by molar-refractivity contribution is 0.557. The maximum atomic E-state index is 11.3. The first kappa shape index (κ1) is 9.32. The fourth-order valence-electron chi connectivity index (χ4n) is 0.904. The molecule has 0 aliphatic carbocycles. The monoisotopic (exact) mass is 184 g/mol. The summed E-state index contributed by atoms with van der Waals surface area (Å²) in [6.45, 7) is 3.92. The van der Waals surface area contributed by atoms with Gasteiger partial charge >= 0.3 is 5.69 Å². The Balaban J connectivity index is 3.12. The average molecular weight is 184 g/mol. The van der Waals surface area contributed by atoms with Gasteiger partial charge in [0, 0.05) is 12.2 Å². The van der Waals surface area contributed by atoms with Gasteiger partial charge in [-0.15, -0.1) is 11.8 Å². The number of hydrogen-bond donors (Lipinski definition) is 0. The summed E-state index contributed by atoms with van der Waals surface area (Å²) in [5, 5.41) is 0.775. The molecule has 0 bridgehead atoms. The van der Waals surface area contributed by atoms with Crippen LogP contribution in [-0.4, -0.2) is 15.8 Å². The first-order valence-corrected chi connectivity index (χ1v) is 5.01. The lowest BCUT2D eigenvalue weighted by Crippen LogP contribution is -2.23. The van der Waals surface area contributed by atoms with E-state index in [1.807, 2.05) is 26.2 Å². The smallest absolute Gasteiger partial charge is 0.297 e. The van der Waals surface area contributed by atoms with Crippen LogP contribution in [0.2, 0.25) is 0 Å². The Hall–Kier alpha value is -0.770. The molecule has 0 N–H and O–H groups in total. The van der Waals surface area contributed by atoms with Crippen LogP contribution >= 0.6 is 11.8 Å². The first-order chi connectivity index (χ1) is 5.65. The van der Waals surface area contributed by atoms with Gasteiger partial charge in [0.25, 0.3) is 0 Å². The van der Waals surface area contributed by atoms with Crippen LogP contribution in [0.3, 0.4) is 0 Å². The standard InChI is InChI=1S/C8H12N2OS/c1-6(2)10-5-4-7(12-3)9-8(10)11/h4-6H,1-3H3. The summed E-state index contributed by atoms with van der Waals surface area (Å²) in [4.78, 5) is 15.2. The zero-order valence-electron chi connectivity index (χ0n) is 7.44. The molecule has 1 heterocycles. The Morgan fingerprint density at radius 3 is 2.67 bits per heavy atom. The third-order valence-electron chi connectivity index (χ3n) is 1.57. The van der Waals surface area contributed by atoms with Crippen LogP contribution in [0, 0.1) is 0 Å². The minimum absolute atomic E-state index is 0.170. The number of aromatic nitrogens is 2. The summed E-state index contributed by atoms with van der Waals surface area (Å²) in [5.41, 5.74) is -0.170. The summed E-state index contributed by atoms with van der Waals surface area (Å²) in [6, 6.07) is 2.03. The van der Waals surface area contributed by atoms with Gasteiger partial charge in [-0.3, -0.25) is 4.57 Å². The molecule has 4 heteroatoms. The second-order valence-corrected chi connectivity index (χ2v) is 3.58. The highest BCUT2D eigenvalue weighted by Gasteiger charge is 2.01. The fraction of sp³-hybridized carbons (Fsp3) is 0.500. The van der Waals surface area contributed by atoms with Crippen LogP contribution in [0.1, 0.15) is 19.9 Å². The molecule has 1 aromatic heterocycles. The Kier molecular flexibility index (Phi) is 2.92. The molecule has 12 heavy (non-hydrogen) atoms. The Morgan fingerprint density at radius 1 is 1.58 bits per heavy atom. The molecule has 0 saturated heterocycles. The molecule has 0 aliphatic rings. The highest BCUT2D eigenvalue weighted by atomic mass is 32.2. The second kappa shape index (κ2) is 3.76. The highest BCUT2D eigenvalue weighted by Crippen LogP contribution is 2.08. The number of rotatable bonds is 2. The molecule has 0 radical (unpaired) electrons. The van der Waals surface area contributed by atoms with Crippen molar-refractivity contribution in [1.29, 1.82) is 0 Å². The van der Waals surface area contributed by atoms with Crippen LogP contribution in [0.5, 0.6) is 0 Å². The minimum Gasteiger partial charge on any atom is -0.297 e. The van der Waals surface area contributed by atoms with Crippen molar-refractivity contribution < 1.29 is 0 Å². The predicted octanol–water partition coefficient (Wildman–Crippen LogP) is 1.55. The Morgan fingerprint density at radius 2 is 2.25 bits per heavy atom. The summed E-state index contributed by atoms with van der Waals surface area (Å²) in [6.07, 6.45) is 3.69. The quantitative estimate of drug-likeness (QED) is 0.516. The van der Waals surface area contributed by atoms with Gasteiger partial charge in [-0.1, -0.05) is 0 Å². The third kappa shape index (κ3) is 1.88. The van der Waals surface area contributed by atoms with E-state index in [-0.39, 0.29) is 11.7 Å². The maximum absolute atomic E-state index is 11.3. The van der Waals surface area contributed by atoms with Crippen LogP contribution < -0.4 is 5.69 Å². The predicted molar refractivity (Wildman–Crippen MR) is 50.7 cm³/mol. The van der Waals surface area contributed by atoms with Crippen molar-refractivity contribution in [3.8, 4) is 0 Å². The van der Waals surface area contributed by atoms with Crippen molar-refractivity contribution in [3.05, 3.63) is 22.7 Å². The van der Waals surface area contributed by atoms with E-state index in [2.05, 4.69) is 4.98 Å². The van der Waals surface area contributed by atoms with E-state index in [9.17, 15) is 4.79 Å². The van der Waals surface area contributed by atoms with Gasteiger partial charge in [-0.2, -0.15) is 4.98 Å². The van der Waals surface area contributed by atoms with Crippen molar-refractivity contribution in [2.24, 2.45) is 0 Å². The van der Waals surface area contributed by atoms with Crippen LogP contribution in [0.15, 0.2) is 22.1 Å². The fourth-order valence-corrected chi connectivity index (χ4v) is 1.27. The Labute approximate surface area is 75.8 Å². The van der Waals surface area contributed by atoms with E-state index in [4.69, 9.17) is 0 Å². The van der Waals surface area contributed by atoms with E-state index in [1.165, 1.54) is 11.8 Å². The zero-order chi connectivity index (χ0) is 9.14.